The molecule has 0 N–H and O–H groups in total. The first-order valence-electron chi connectivity index (χ1n) is 6.98. The molecule has 120 valence electrons. The van der Waals surface area contributed by atoms with Gasteiger partial charge in [-0.15, -0.1) is 0 Å². The highest BCUT2D eigenvalue weighted by Crippen LogP contribution is 2.49. The van der Waals surface area contributed by atoms with Crippen LogP contribution in [-0.2, 0) is 33.4 Å². The smallest absolute Gasteiger partial charge is 0.321 e. The minimum atomic E-state index is -1.55. The molecule has 1 spiro atoms. The third-order valence-electron chi connectivity index (χ3n) is 4.12. The number of ketones is 1. The number of esters is 3. The number of cyclic esters (lactones) is 1. The second kappa shape index (κ2) is 5.55. The Labute approximate surface area is 127 Å². The summed E-state index contributed by atoms with van der Waals surface area (Å²) in [5.41, 5.74) is -1.55. The molecule has 0 amide bonds. The van der Waals surface area contributed by atoms with Gasteiger partial charge in [0.05, 0.1) is 0 Å². The molecule has 1 aliphatic carbocycles. The normalized spacial score (nSPS) is 37.1. The second-order valence-corrected chi connectivity index (χ2v) is 5.61. The summed E-state index contributed by atoms with van der Waals surface area (Å²) < 4.78 is 15.6. The Bertz CT molecular complexity index is 564. The molecule has 22 heavy (non-hydrogen) atoms. The van der Waals surface area contributed by atoms with Crippen LogP contribution in [0.4, 0.5) is 0 Å². The average molecular weight is 310 g/mol. The first-order valence-corrected chi connectivity index (χ1v) is 6.98. The summed E-state index contributed by atoms with van der Waals surface area (Å²) in [6, 6.07) is 0. The lowest BCUT2D eigenvalue weighted by molar-refractivity contribution is -0.181. The first-order chi connectivity index (χ1) is 10.2. The Balaban J connectivity index is 2.58. The van der Waals surface area contributed by atoms with Crippen LogP contribution in [-0.4, -0.2) is 42.0 Å². The fraction of sp³-hybridized carbons (Fsp3) is 0.600. The fourth-order valence-corrected chi connectivity index (χ4v) is 3.19. The van der Waals surface area contributed by atoms with Gasteiger partial charge in [-0.3, -0.25) is 19.2 Å². The Morgan fingerprint density at radius 2 is 1.73 bits per heavy atom. The molecule has 5 atom stereocenters. The molecule has 1 heterocycles. The van der Waals surface area contributed by atoms with Crippen molar-refractivity contribution < 1.29 is 33.4 Å². The van der Waals surface area contributed by atoms with Gasteiger partial charge in [0, 0.05) is 13.8 Å². The molecule has 0 aromatic rings. The molecule has 0 bridgehead atoms. The molecule has 0 radical (unpaired) electrons. The van der Waals surface area contributed by atoms with E-state index in [9.17, 15) is 19.2 Å². The summed E-state index contributed by atoms with van der Waals surface area (Å²) in [5.74, 6) is -3.05. The summed E-state index contributed by atoms with van der Waals surface area (Å²) in [6.07, 6.45) is -0.309. The van der Waals surface area contributed by atoms with Crippen LogP contribution in [0.25, 0.3) is 0 Å². The van der Waals surface area contributed by atoms with Crippen molar-refractivity contribution in [3.63, 3.8) is 0 Å². The average Bonchev–Trinajstić information content (AvgIpc) is 2.63. The van der Waals surface area contributed by atoms with Gasteiger partial charge in [-0.25, -0.2) is 0 Å². The maximum Gasteiger partial charge on any atom is 0.321 e. The van der Waals surface area contributed by atoms with Gasteiger partial charge in [0.1, 0.15) is 6.10 Å². The van der Waals surface area contributed by atoms with Crippen molar-refractivity contribution in [2.24, 2.45) is 11.3 Å². The summed E-state index contributed by atoms with van der Waals surface area (Å²) in [6.45, 7) is 5.61. The highest BCUT2D eigenvalue weighted by atomic mass is 16.6. The lowest BCUT2D eigenvalue weighted by Gasteiger charge is -2.41. The van der Waals surface area contributed by atoms with E-state index >= 15 is 0 Å². The number of carbonyl (C=O) groups is 4. The van der Waals surface area contributed by atoms with E-state index < -0.39 is 53.3 Å². The SMILES string of the molecule is CC(=O)O[C@@H]1[C@H](C)OC(=O)[C@]12[C@@H](C)C=CC(=O)[C@@H]2OC(C)=O. The molecule has 2 aliphatic rings. The van der Waals surface area contributed by atoms with Crippen molar-refractivity contribution in [2.45, 2.75) is 46.0 Å². The summed E-state index contributed by atoms with van der Waals surface area (Å²) in [5, 5.41) is 0. The van der Waals surface area contributed by atoms with Crippen molar-refractivity contribution in [3.05, 3.63) is 12.2 Å². The van der Waals surface area contributed by atoms with Crippen molar-refractivity contribution in [1.82, 2.24) is 0 Å². The summed E-state index contributed by atoms with van der Waals surface area (Å²) in [4.78, 5) is 47.5. The van der Waals surface area contributed by atoms with E-state index in [2.05, 4.69) is 0 Å². The molecule has 0 unspecified atom stereocenters. The highest BCUT2D eigenvalue weighted by Gasteiger charge is 2.68. The quantitative estimate of drug-likeness (QED) is 0.543. The van der Waals surface area contributed by atoms with Crippen LogP contribution in [0.3, 0.4) is 0 Å². The predicted molar refractivity (Wildman–Crippen MR) is 72.4 cm³/mol. The zero-order valence-electron chi connectivity index (χ0n) is 12.8. The van der Waals surface area contributed by atoms with Crippen LogP contribution in [0, 0.1) is 11.3 Å². The van der Waals surface area contributed by atoms with E-state index in [0.29, 0.717) is 0 Å². The second-order valence-electron chi connectivity index (χ2n) is 5.61. The zero-order chi connectivity index (χ0) is 16.7. The van der Waals surface area contributed by atoms with Crippen LogP contribution in [0.2, 0.25) is 0 Å². The molecular formula is C15H18O7. The molecule has 1 fully saturated rings. The number of carbonyl (C=O) groups excluding carboxylic acids is 4. The van der Waals surface area contributed by atoms with E-state index in [1.54, 1.807) is 13.8 Å². The van der Waals surface area contributed by atoms with Gasteiger partial charge in [-0.05, 0) is 18.9 Å². The summed E-state index contributed by atoms with van der Waals surface area (Å²) in [7, 11) is 0. The first kappa shape index (κ1) is 16.2. The maximum absolute atomic E-state index is 12.5. The van der Waals surface area contributed by atoms with Gasteiger partial charge in [0.25, 0.3) is 0 Å². The van der Waals surface area contributed by atoms with Crippen molar-refractivity contribution in [3.8, 4) is 0 Å². The van der Waals surface area contributed by atoms with E-state index in [4.69, 9.17) is 14.2 Å². The van der Waals surface area contributed by atoms with Crippen LogP contribution < -0.4 is 0 Å². The van der Waals surface area contributed by atoms with Crippen molar-refractivity contribution in [1.29, 1.82) is 0 Å². The maximum atomic E-state index is 12.5. The van der Waals surface area contributed by atoms with Crippen LogP contribution >= 0.6 is 0 Å². The Hall–Kier alpha value is -2.18. The van der Waals surface area contributed by atoms with Crippen LogP contribution in [0.15, 0.2) is 12.2 Å². The van der Waals surface area contributed by atoms with Gasteiger partial charge < -0.3 is 14.2 Å². The molecule has 7 nitrogen and oxygen atoms in total. The largest absolute Gasteiger partial charge is 0.458 e. The van der Waals surface area contributed by atoms with Crippen LogP contribution in [0.1, 0.15) is 27.7 Å². The zero-order valence-corrected chi connectivity index (χ0v) is 12.8. The fourth-order valence-electron chi connectivity index (χ4n) is 3.19. The molecule has 0 saturated carbocycles. The van der Waals surface area contributed by atoms with Gasteiger partial charge in [-0.2, -0.15) is 0 Å². The third-order valence-corrected chi connectivity index (χ3v) is 4.12. The molecule has 1 saturated heterocycles. The number of ether oxygens (including phenoxy) is 3. The van der Waals surface area contributed by atoms with Gasteiger partial charge in [0.2, 0.25) is 0 Å². The number of hydrogen-bond acceptors (Lipinski definition) is 7. The van der Waals surface area contributed by atoms with E-state index in [1.165, 1.54) is 19.1 Å². The molecule has 1 aliphatic heterocycles. The molecular weight excluding hydrogens is 292 g/mol. The highest BCUT2D eigenvalue weighted by molar-refractivity contribution is 6.02. The lowest BCUT2D eigenvalue weighted by atomic mass is 9.64. The standard InChI is InChI=1S/C15H18O7/c1-7-5-6-11(18)13(22-10(4)17)15(7)12(21-9(3)16)8(2)20-14(15)19/h5-8,12-13H,1-4H3/t7-,8-,12+,13-,15+/m0/s1. The summed E-state index contributed by atoms with van der Waals surface area (Å²) >= 11 is 0. The van der Waals surface area contributed by atoms with Crippen molar-refractivity contribution in [2.75, 3.05) is 0 Å². The third kappa shape index (κ3) is 2.30. The number of hydrogen-bond donors (Lipinski definition) is 0. The van der Waals surface area contributed by atoms with Gasteiger partial charge >= 0.3 is 17.9 Å². The Kier molecular flexibility index (Phi) is 4.08. The molecule has 7 heteroatoms. The van der Waals surface area contributed by atoms with Gasteiger partial charge in [0.15, 0.2) is 23.4 Å². The van der Waals surface area contributed by atoms with E-state index in [0.717, 1.165) is 6.92 Å². The Morgan fingerprint density at radius 1 is 1.14 bits per heavy atom. The van der Waals surface area contributed by atoms with E-state index in [-0.39, 0.29) is 0 Å². The number of rotatable bonds is 2. The molecule has 0 aromatic carbocycles. The van der Waals surface area contributed by atoms with E-state index in [1.807, 2.05) is 0 Å². The monoisotopic (exact) mass is 310 g/mol. The predicted octanol–water partition coefficient (Wildman–Crippen LogP) is 0.556. The minimum Gasteiger partial charge on any atom is -0.458 e. The topological polar surface area (TPSA) is 96.0 Å². The van der Waals surface area contributed by atoms with Gasteiger partial charge in [-0.1, -0.05) is 13.0 Å². The lowest BCUT2D eigenvalue weighted by Crippen LogP contribution is -2.59. The molecule has 2 rings (SSSR count). The minimum absolute atomic E-state index is 0.503. The molecule has 0 aromatic heterocycles. The number of allylic oxidation sites excluding steroid dienone is 1. The Morgan fingerprint density at radius 3 is 2.27 bits per heavy atom. The van der Waals surface area contributed by atoms with Crippen molar-refractivity contribution >= 4 is 23.7 Å². The van der Waals surface area contributed by atoms with Crippen LogP contribution in [0.5, 0.6) is 0 Å².